The third-order valence-corrected chi connectivity index (χ3v) is 5.54. The molecular formula is C26H29F2N5O2. The molecule has 1 atom stereocenters. The van der Waals surface area contributed by atoms with Gasteiger partial charge in [-0.25, -0.2) is 18.7 Å². The number of hydrogen-bond acceptors (Lipinski definition) is 6. The molecule has 9 heteroatoms. The number of methoxy groups -OCH3 is 1. The van der Waals surface area contributed by atoms with Gasteiger partial charge in [0.15, 0.2) is 0 Å². The van der Waals surface area contributed by atoms with Gasteiger partial charge in [-0.05, 0) is 55.0 Å². The van der Waals surface area contributed by atoms with Gasteiger partial charge in [-0.3, -0.25) is 4.79 Å². The van der Waals surface area contributed by atoms with Crippen LogP contribution in [-0.2, 0) is 11.2 Å². The average molecular weight is 482 g/mol. The summed E-state index contributed by atoms with van der Waals surface area (Å²) < 4.78 is 32.9. The number of nitrogens with zero attached hydrogens (tertiary/aromatic N) is 2. The Kier molecular flexibility index (Phi) is 8.72. The molecule has 0 aliphatic heterocycles. The van der Waals surface area contributed by atoms with Crippen molar-refractivity contribution in [1.29, 1.82) is 0 Å². The Morgan fingerprint density at radius 1 is 1.11 bits per heavy atom. The largest absolute Gasteiger partial charge is 0.494 e. The minimum absolute atomic E-state index is 0.00444. The number of nitrogens with two attached hydrogens (primary N) is 1. The Labute approximate surface area is 203 Å². The molecule has 1 heterocycles. The van der Waals surface area contributed by atoms with Gasteiger partial charge in [0.2, 0.25) is 5.91 Å². The number of carbonyl (C=O) groups is 1. The molecule has 0 saturated carbocycles. The first-order valence-corrected chi connectivity index (χ1v) is 11.3. The summed E-state index contributed by atoms with van der Waals surface area (Å²) in [5, 5.41) is 5.83. The van der Waals surface area contributed by atoms with Crippen molar-refractivity contribution in [3.05, 3.63) is 78.3 Å². The molecule has 1 aromatic heterocycles. The highest BCUT2D eigenvalue weighted by Gasteiger charge is 2.15. The van der Waals surface area contributed by atoms with E-state index in [2.05, 4.69) is 27.2 Å². The summed E-state index contributed by atoms with van der Waals surface area (Å²) in [4.78, 5) is 20.3. The number of rotatable bonds is 11. The Hall–Kier alpha value is -4.01. The molecule has 0 spiro atoms. The second-order valence-electron chi connectivity index (χ2n) is 8.08. The van der Waals surface area contributed by atoms with Crippen LogP contribution in [0.2, 0.25) is 0 Å². The first-order valence-electron chi connectivity index (χ1n) is 11.3. The van der Waals surface area contributed by atoms with E-state index in [9.17, 15) is 13.6 Å². The van der Waals surface area contributed by atoms with Gasteiger partial charge in [0.1, 0.15) is 29.5 Å². The van der Waals surface area contributed by atoms with Crippen molar-refractivity contribution >= 4 is 28.8 Å². The van der Waals surface area contributed by atoms with Crippen LogP contribution >= 0.6 is 0 Å². The fourth-order valence-corrected chi connectivity index (χ4v) is 3.85. The van der Waals surface area contributed by atoms with Crippen LogP contribution in [0.25, 0.3) is 0 Å². The van der Waals surface area contributed by atoms with Crippen molar-refractivity contribution in [1.82, 2.24) is 9.97 Å². The van der Waals surface area contributed by atoms with Gasteiger partial charge in [0.05, 0.1) is 24.2 Å². The molecule has 0 unspecified atom stereocenters. The summed E-state index contributed by atoms with van der Waals surface area (Å²) in [6.07, 6.45) is 5.56. The third-order valence-electron chi connectivity index (χ3n) is 5.54. The number of nitrogens with one attached hydrogen (secondary N) is 2. The van der Waals surface area contributed by atoms with E-state index < -0.39 is 17.5 Å². The first kappa shape index (κ1) is 25.6. The highest BCUT2D eigenvalue weighted by molar-refractivity contribution is 6.01. The molecule has 7 nitrogen and oxygen atoms in total. The van der Waals surface area contributed by atoms with E-state index in [4.69, 9.17) is 10.5 Å². The normalized spacial score (nSPS) is 11.5. The molecular weight excluding hydrogens is 452 g/mol. The second-order valence-corrected chi connectivity index (χ2v) is 8.08. The van der Waals surface area contributed by atoms with Gasteiger partial charge in [-0.1, -0.05) is 19.9 Å². The third kappa shape index (κ3) is 6.99. The van der Waals surface area contributed by atoms with E-state index in [1.807, 2.05) is 6.92 Å². The van der Waals surface area contributed by atoms with Gasteiger partial charge in [-0.2, -0.15) is 0 Å². The number of ether oxygens (including phenoxy) is 1. The number of aryl methyl sites for hydroxylation is 1. The number of benzene rings is 2. The van der Waals surface area contributed by atoms with Crippen LogP contribution < -0.4 is 21.1 Å². The molecule has 4 N–H and O–H groups in total. The lowest BCUT2D eigenvalue weighted by Gasteiger charge is -2.17. The van der Waals surface area contributed by atoms with Crippen molar-refractivity contribution in [2.75, 3.05) is 23.5 Å². The maximum Gasteiger partial charge on any atom is 0.247 e. The Bertz CT molecular complexity index is 1180. The fraction of sp³-hybridized carbons (Fsp3) is 0.269. The Morgan fingerprint density at radius 2 is 1.86 bits per heavy atom. The smallest absolute Gasteiger partial charge is 0.247 e. The van der Waals surface area contributed by atoms with Crippen LogP contribution in [0.5, 0.6) is 5.75 Å². The van der Waals surface area contributed by atoms with E-state index in [1.165, 1.54) is 25.6 Å². The summed E-state index contributed by atoms with van der Waals surface area (Å²) in [6.45, 7) is 5.48. The topological polar surface area (TPSA) is 102 Å². The van der Waals surface area contributed by atoms with E-state index in [-0.39, 0.29) is 5.92 Å². The minimum atomic E-state index is -0.573. The zero-order chi connectivity index (χ0) is 25.4. The molecule has 0 saturated heterocycles. The number of carbonyl (C=O) groups excluding carboxylic acids is 1. The Morgan fingerprint density at radius 3 is 2.51 bits per heavy atom. The maximum absolute atomic E-state index is 13.7. The van der Waals surface area contributed by atoms with Gasteiger partial charge < -0.3 is 21.1 Å². The number of halogens is 2. The van der Waals surface area contributed by atoms with E-state index >= 15 is 0 Å². The maximum atomic E-state index is 13.7. The molecule has 0 bridgehead atoms. The van der Waals surface area contributed by atoms with Crippen LogP contribution in [0.4, 0.5) is 31.7 Å². The molecule has 0 radical (unpaired) electrons. The summed E-state index contributed by atoms with van der Waals surface area (Å²) in [7, 11) is 1.51. The number of nitrogen functional groups attached to an aromatic ring is 1. The van der Waals surface area contributed by atoms with Crippen molar-refractivity contribution in [3.63, 3.8) is 0 Å². The molecule has 35 heavy (non-hydrogen) atoms. The molecule has 3 rings (SSSR count). The highest BCUT2D eigenvalue weighted by Crippen LogP contribution is 2.35. The van der Waals surface area contributed by atoms with Crippen molar-refractivity contribution in [2.24, 2.45) is 0 Å². The van der Waals surface area contributed by atoms with Crippen molar-refractivity contribution in [2.45, 2.75) is 38.5 Å². The molecule has 2 aromatic carbocycles. The summed E-state index contributed by atoms with van der Waals surface area (Å²) >= 11 is 0. The zero-order valence-electron chi connectivity index (χ0n) is 19.8. The number of hydrogen-bond donors (Lipinski definition) is 3. The lowest BCUT2D eigenvalue weighted by Crippen LogP contribution is -2.10. The van der Waals surface area contributed by atoms with Crippen LogP contribution in [0, 0.1) is 11.6 Å². The minimum Gasteiger partial charge on any atom is -0.494 e. The Balaban J connectivity index is 1.78. The van der Waals surface area contributed by atoms with Gasteiger partial charge >= 0.3 is 0 Å². The average Bonchev–Trinajstić information content (AvgIpc) is 2.83. The lowest BCUT2D eigenvalue weighted by molar-refractivity contribution is -0.111. The standard InChI is InChI=1S/C26H29F2N5O2/c1-4-6-16(17-9-18(27)11-19(28)10-17)7-8-20-12-25(31-15-30-20)32-23-14-22(33-26(34)5-2)21(29)13-24(23)35-3/h5,9-16H,2,4,6-8,29H2,1,3H3,(H,33,34)(H,30,31,32)/t16-/m0/s1. The van der Waals surface area contributed by atoms with Crippen LogP contribution in [0.15, 0.2) is 55.4 Å². The molecule has 0 aliphatic carbocycles. The first-order chi connectivity index (χ1) is 16.8. The van der Waals surface area contributed by atoms with Gasteiger partial charge in [0.25, 0.3) is 0 Å². The lowest BCUT2D eigenvalue weighted by atomic mass is 9.89. The van der Waals surface area contributed by atoms with Crippen LogP contribution in [0.3, 0.4) is 0 Å². The monoisotopic (exact) mass is 481 g/mol. The fourth-order valence-electron chi connectivity index (χ4n) is 3.85. The van der Waals surface area contributed by atoms with E-state index in [0.29, 0.717) is 47.0 Å². The second kappa shape index (κ2) is 11.9. The predicted molar refractivity (Wildman–Crippen MR) is 134 cm³/mol. The SMILES string of the molecule is C=CC(=O)Nc1cc(Nc2cc(CC[C@H](CCC)c3cc(F)cc(F)c3)ncn2)c(OC)cc1N. The van der Waals surface area contributed by atoms with E-state index in [1.54, 1.807) is 18.2 Å². The summed E-state index contributed by atoms with van der Waals surface area (Å²) in [6, 6.07) is 8.71. The summed E-state index contributed by atoms with van der Waals surface area (Å²) in [5.74, 6) is -0.550. The van der Waals surface area contributed by atoms with Gasteiger partial charge in [-0.15, -0.1) is 0 Å². The van der Waals surface area contributed by atoms with Crippen molar-refractivity contribution < 1.29 is 18.3 Å². The van der Waals surface area contributed by atoms with Crippen LogP contribution in [0.1, 0.15) is 43.4 Å². The summed E-state index contributed by atoms with van der Waals surface area (Å²) in [5.41, 5.74) is 8.72. The quantitative estimate of drug-likeness (QED) is 0.239. The molecule has 0 aliphatic rings. The van der Waals surface area contributed by atoms with Crippen LogP contribution in [-0.4, -0.2) is 23.0 Å². The van der Waals surface area contributed by atoms with E-state index in [0.717, 1.165) is 30.7 Å². The number of amides is 1. The predicted octanol–water partition coefficient (Wildman–Crippen LogP) is 5.73. The molecule has 184 valence electrons. The highest BCUT2D eigenvalue weighted by atomic mass is 19.1. The zero-order valence-corrected chi connectivity index (χ0v) is 19.8. The number of anilines is 4. The molecule has 3 aromatic rings. The van der Waals surface area contributed by atoms with Gasteiger partial charge in [0, 0.05) is 23.9 Å². The molecule has 1 amide bonds. The number of aromatic nitrogens is 2. The molecule has 0 fully saturated rings. The van der Waals surface area contributed by atoms with Crippen molar-refractivity contribution in [3.8, 4) is 5.75 Å².